The first kappa shape index (κ1) is 14.6. The summed E-state index contributed by atoms with van der Waals surface area (Å²) in [6.45, 7) is 7.50. The van der Waals surface area contributed by atoms with E-state index in [1.54, 1.807) is 6.92 Å². The first-order valence-electron chi connectivity index (χ1n) is 6.80. The normalized spacial score (nSPS) is 20.9. The zero-order chi connectivity index (χ0) is 13.7. The molecule has 0 heterocycles. The lowest BCUT2D eigenvalue weighted by Crippen LogP contribution is -2.12. The minimum absolute atomic E-state index is 0.0835. The Hall–Kier alpha value is -1.44. The topological polar surface area (TPSA) is 40.9 Å². The number of hydrogen-bond acceptors (Lipinski definition) is 2. The molecule has 98 valence electrons. The lowest BCUT2D eigenvalue weighted by Gasteiger charge is -2.16. The van der Waals surface area contributed by atoms with Crippen molar-refractivity contribution in [2.24, 2.45) is 5.92 Å². The quantitative estimate of drug-likeness (QED) is 0.794. The molecule has 0 aromatic rings. The molecular formula is C16H23NO. The monoisotopic (exact) mass is 245 g/mol. The van der Waals surface area contributed by atoms with Crippen LogP contribution in [0.15, 0.2) is 34.9 Å². The molecule has 1 saturated carbocycles. The minimum Gasteiger partial charge on any atom is -0.300 e. The zero-order valence-corrected chi connectivity index (χ0v) is 11.8. The molecule has 2 aliphatic rings. The highest BCUT2D eigenvalue weighted by Crippen LogP contribution is 2.37. The fourth-order valence-electron chi connectivity index (χ4n) is 1.95. The van der Waals surface area contributed by atoms with Crippen LogP contribution in [0, 0.1) is 11.3 Å². The number of ketones is 1. The predicted molar refractivity (Wildman–Crippen MR) is 77.0 cm³/mol. The maximum atomic E-state index is 11.4. The summed E-state index contributed by atoms with van der Waals surface area (Å²) in [7, 11) is 0. The van der Waals surface area contributed by atoms with E-state index in [0.29, 0.717) is 5.71 Å². The van der Waals surface area contributed by atoms with Gasteiger partial charge < -0.3 is 0 Å². The summed E-state index contributed by atoms with van der Waals surface area (Å²) < 4.78 is 0. The van der Waals surface area contributed by atoms with Gasteiger partial charge in [0.15, 0.2) is 5.78 Å². The number of allylic oxidation sites excluding steroid dienone is 6. The second-order valence-electron chi connectivity index (χ2n) is 4.59. The Morgan fingerprint density at radius 2 is 2.00 bits per heavy atom. The summed E-state index contributed by atoms with van der Waals surface area (Å²) in [5, 5.41) is 8.06. The van der Waals surface area contributed by atoms with Crippen LogP contribution in [0.5, 0.6) is 0 Å². The van der Waals surface area contributed by atoms with Crippen LogP contribution in [0.1, 0.15) is 47.0 Å². The summed E-state index contributed by atoms with van der Waals surface area (Å²) in [4.78, 5) is 11.4. The average Bonchev–Trinajstić information content (AvgIpc) is 3.18. The number of carbonyl (C=O) groups is 1. The predicted octanol–water partition coefficient (Wildman–Crippen LogP) is 4.23. The maximum Gasteiger partial charge on any atom is 0.159 e. The van der Waals surface area contributed by atoms with Crippen LogP contribution >= 0.6 is 0 Å². The van der Waals surface area contributed by atoms with Gasteiger partial charge in [0, 0.05) is 5.57 Å². The van der Waals surface area contributed by atoms with Gasteiger partial charge in [0.25, 0.3) is 0 Å². The molecule has 0 radical (unpaired) electrons. The Labute approximate surface area is 110 Å². The number of rotatable bonds is 3. The van der Waals surface area contributed by atoms with Crippen LogP contribution in [0.3, 0.4) is 0 Å². The Kier molecular flexibility index (Phi) is 5.26. The molecule has 1 fully saturated rings. The Bertz CT molecular complexity index is 434. The van der Waals surface area contributed by atoms with Gasteiger partial charge in [0.05, 0.1) is 5.71 Å². The van der Waals surface area contributed by atoms with E-state index in [1.807, 2.05) is 39.0 Å². The van der Waals surface area contributed by atoms with Gasteiger partial charge in [-0.1, -0.05) is 19.9 Å². The SMILES string of the molecule is C/C=C1/C=C(C(C)=O)C=C(CC2CC2)C1=N.CC. The number of carbonyl (C=O) groups excluding carboxylic acids is 1. The summed E-state index contributed by atoms with van der Waals surface area (Å²) in [5.41, 5.74) is 3.24. The van der Waals surface area contributed by atoms with E-state index < -0.39 is 0 Å². The Morgan fingerprint density at radius 1 is 1.39 bits per heavy atom. The second kappa shape index (κ2) is 6.48. The molecule has 1 N–H and O–H groups in total. The van der Waals surface area contributed by atoms with Crippen molar-refractivity contribution >= 4 is 11.5 Å². The lowest BCUT2D eigenvalue weighted by molar-refractivity contribution is -0.113. The fraction of sp³-hybridized carbons (Fsp3) is 0.500. The van der Waals surface area contributed by atoms with E-state index in [2.05, 4.69) is 0 Å². The smallest absolute Gasteiger partial charge is 0.159 e. The van der Waals surface area contributed by atoms with Crippen LogP contribution in [0.25, 0.3) is 0 Å². The fourth-order valence-corrected chi connectivity index (χ4v) is 1.95. The van der Waals surface area contributed by atoms with Gasteiger partial charge in [-0.25, -0.2) is 0 Å². The molecule has 0 bridgehead atoms. The molecule has 0 aromatic heterocycles. The zero-order valence-electron chi connectivity index (χ0n) is 11.8. The number of hydrogen-bond donors (Lipinski definition) is 1. The molecule has 0 amide bonds. The molecule has 0 spiro atoms. The molecule has 0 atom stereocenters. The van der Waals surface area contributed by atoms with E-state index in [-0.39, 0.29) is 5.78 Å². The molecule has 2 heteroatoms. The van der Waals surface area contributed by atoms with E-state index in [4.69, 9.17) is 5.41 Å². The third kappa shape index (κ3) is 3.52. The van der Waals surface area contributed by atoms with Crippen LogP contribution in [-0.4, -0.2) is 11.5 Å². The molecule has 2 aliphatic carbocycles. The van der Waals surface area contributed by atoms with Crippen molar-refractivity contribution in [3.8, 4) is 0 Å². The number of nitrogens with one attached hydrogen (secondary N) is 1. The van der Waals surface area contributed by atoms with Crippen LogP contribution in [0.2, 0.25) is 0 Å². The van der Waals surface area contributed by atoms with Crippen LogP contribution < -0.4 is 0 Å². The van der Waals surface area contributed by atoms with E-state index in [9.17, 15) is 4.79 Å². The van der Waals surface area contributed by atoms with Gasteiger partial charge in [0.1, 0.15) is 0 Å². The molecule has 0 aliphatic heterocycles. The van der Waals surface area contributed by atoms with E-state index in [1.165, 1.54) is 12.8 Å². The largest absolute Gasteiger partial charge is 0.300 e. The van der Waals surface area contributed by atoms with Crippen molar-refractivity contribution < 1.29 is 4.79 Å². The van der Waals surface area contributed by atoms with Gasteiger partial charge in [-0.15, -0.1) is 0 Å². The van der Waals surface area contributed by atoms with Gasteiger partial charge >= 0.3 is 0 Å². The summed E-state index contributed by atoms with van der Waals surface area (Å²) >= 11 is 0. The van der Waals surface area contributed by atoms with Crippen molar-refractivity contribution in [1.82, 2.24) is 0 Å². The molecular weight excluding hydrogens is 222 g/mol. The third-order valence-corrected chi connectivity index (χ3v) is 3.17. The minimum atomic E-state index is 0.0835. The van der Waals surface area contributed by atoms with Crippen LogP contribution in [0.4, 0.5) is 0 Å². The average molecular weight is 245 g/mol. The highest BCUT2D eigenvalue weighted by molar-refractivity contribution is 6.16. The van der Waals surface area contributed by atoms with E-state index in [0.717, 1.165) is 29.1 Å². The van der Waals surface area contributed by atoms with Crippen molar-refractivity contribution in [2.45, 2.75) is 47.0 Å². The molecule has 0 saturated heterocycles. The Morgan fingerprint density at radius 3 is 2.44 bits per heavy atom. The molecule has 0 aromatic carbocycles. The van der Waals surface area contributed by atoms with Crippen molar-refractivity contribution in [3.05, 3.63) is 34.9 Å². The van der Waals surface area contributed by atoms with Gasteiger partial charge in [-0.2, -0.15) is 0 Å². The second-order valence-corrected chi connectivity index (χ2v) is 4.59. The van der Waals surface area contributed by atoms with Gasteiger partial charge in [-0.3, -0.25) is 10.2 Å². The highest BCUT2D eigenvalue weighted by atomic mass is 16.1. The number of Topliss-reactive ketones (excluding diaryl/α,β-unsaturated/α-hetero) is 1. The summed E-state index contributed by atoms with van der Waals surface area (Å²) in [5.74, 6) is 0.830. The van der Waals surface area contributed by atoms with E-state index >= 15 is 0 Å². The summed E-state index contributed by atoms with van der Waals surface area (Å²) in [6.07, 6.45) is 9.13. The molecule has 2 rings (SSSR count). The van der Waals surface area contributed by atoms with Crippen molar-refractivity contribution in [2.75, 3.05) is 0 Å². The molecule has 2 nitrogen and oxygen atoms in total. The molecule has 0 unspecified atom stereocenters. The van der Waals surface area contributed by atoms with Crippen LogP contribution in [-0.2, 0) is 4.79 Å². The lowest BCUT2D eigenvalue weighted by atomic mass is 9.88. The first-order chi connectivity index (χ1) is 8.61. The summed E-state index contributed by atoms with van der Waals surface area (Å²) in [6, 6.07) is 0. The van der Waals surface area contributed by atoms with Gasteiger partial charge in [0.2, 0.25) is 0 Å². The first-order valence-corrected chi connectivity index (χ1v) is 6.80. The third-order valence-electron chi connectivity index (χ3n) is 3.17. The highest BCUT2D eigenvalue weighted by Gasteiger charge is 2.26. The molecule has 18 heavy (non-hydrogen) atoms. The Balaban J connectivity index is 0.000000771. The maximum absolute atomic E-state index is 11.4. The van der Waals surface area contributed by atoms with Crippen molar-refractivity contribution in [1.29, 1.82) is 5.41 Å². The standard InChI is InChI=1S/C14H17NO.C2H6/c1-3-11-7-12(9(2)16)8-13(14(11)15)6-10-4-5-10;1-2/h3,7-8,10,15H,4-6H2,1-2H3;1-2H3/b11-3-,15-14?;. The van der Waals surface area contributed by atoms with Crippen molar-refractivity contribution in [3.63, 3.8) is 0 Å². The van der Waals surface area contributed by atoms with Gasteiger partial charge in [-0.05, 0) is 62.3 Å².